The second kappa shape index (κ2) is 9.88. The molecule has 0 unspecified atom stereocenters. The summed E-state index contributed by atoms with van der Waals surface area (Å²) in [7, 11) is -0.288. The quantitative estimate of drug-likeness (QED) is 0.583. The van der Waals surface area contributed by atoms with Gasteiger partial charge in [-0.2, -0.15) is 0 Å². The molecule has 7 nitrogen and oxygen atoms in total. The maximum atomic E-state index is 12.1. The first-order valence-corrected chi connectivity index (χ1v) is 11.6. The highest BCUT2D eigenvalue weighted by Crippen LogP contribution is 2.35. The average Bonchev–Trinajstić information content (AvgIpc) is 3.00. The molecule has 0 aliphatic carbocycles. The molecular weight excluding hydrogens is 400 g/mol. The third kappa shape index (κ3) is 5.93. The summed E-state index contributed by atoms with van der Waals surface area (Å²) in [4.78, 5) is 17.5. The second-order valence-electron chi connectivity index (χ2n) is 6.34. The highest BCUT2D eigenvalue weighted by molar-refractivity contribution is 7.92. The van der Waals surface area contributed by atoms with Crippen LogP contribution in [0.2, 0.25) is 0 Å². The number of thiazole rings is 1. The van der Waals surface area contributed by atoms with Gasteiger partial charge in [-0.1, -0.05) is 19.8 Å². The van der Waals surface area contributed by atoms with Gasteiger partial charge in [0.05, 0.1) is 25.7 Å². The Morgan fingerprint density at radius 2 is 1.89 bits per heavy atom. The molecule has 0 radical (unpaired) electrons. The highest BCUT2D eigenvalue weighted by atomic mass is 32.2. The van der Waals surface area contributed by atoms with Crippen LogP contribution in [0, 0.1) is 6.92 Å². The first-order chi connectivity index (χ1) is 13.3. The molecule has 1 heterocycles. The van der Waals surface area contributed by atoms with Crippen molar-refractivity contribution < 1.29 is 22.7 Å². The first-order valence-electron chi connectivity index (χ1n) is 8.99. The molecule has 0 saturated heterocycles. The van der Waals surface area contributed by atoms with Gasteiger partial charge in [0.1, 0.15) is 5.75 Å². The summed E-state index contributed by atoms with van der Waals surface area (Å²) in [6.45, 7) is 3.89. The number of sulfone groups is 1. The number of rotatable bonds is 10. The van der Waals surface area contributed by atoms with Crippen molar-refractivity contribution in [2.45, 2.75) is 33.1 Å². The fourth-order valence-electron chi connectivity index (χ4n) is 2.70. The highest BCUT2D eigenvalue weighted by Gasteiger charge is 2.19. The van der Waals surface area contributed by atoms with Crippen molar-refractivity contribution in [3.05, 3.63) is 23.1 Å². The predicted octanol–water partition coefficient (Wildman–Crippen LogP) is 3.68. The number of anilines is 1. The van der Waals surface area contributed by atoms with Crippen LogP contribution in [0.5, 0.6) is 11.5 Å². The lowest BCUT2D eigenvalue weighted by atomic mass is 10.1. The van der Waals surface area contributed by atoms with Crippen LogP contribution in [0.3, 0.4) is 0 Å². The molecule has 2 aromatic rings. The number of nitrogens with zero attached hydrogens (tertiary/aromatic N) is 1. The van der Waals surface area contributed by atoms with Gasteiger partial charge >= 0.3 is 0 Å². The number of aromatic nitrogens is 1. The topological polar surface area (TPSA) is 94.6 Å². The number of carbonyl (C=O) groups is 1. The Bertz CT molecular complexity index is 922. The van der Waals surface area contributed by atoms with Crippen LogP contribution in [-0.2, 0) is 14.6 Å². The number of carbonyl (C=O) groups excluding carboxylic acids is 1. The normalized spacial score (nSPS) is 11.3. The minimum Gasteiger partial charge on any atom is -0.493 e. The second-order valence-corrected chi connectivity index (χ2v) is 9.73. The Hall–Kier alpha value is -2.13. The number of nitrogens with one attached hydrogen (secondary N) is 1. The number of ether oxygens (including phenoxy) is 2. The smallest absolute Gasteiger partial charge is 0.241 e. The minimum atomic E-state index is -3.41. The Kier molecular flexibility index (Phi) is 7.82. The standard InChI is InChI=1S/C19H26N2O5S2/c1-5-6-7-10-28(23,24)12-17(22)20-19-21-18(13(2)27-19)14-8-9-15(25-3)16(11-14)26-4/h8-9,11H,5-7,10,12H2,1-4H3,(H,20,21,22). The number of benzene rings is 1. The zero-order valence-corrected chi connectivity index (χ0v) is 18.2. The lowest BCUT2D eigenvalue weighted by Crippen LogP contribution is -2.24. The van der Waals surface area contributed by atoms with Crippen LogP contribution >= 0.6 is 11.3 Å². The van der Waals surface area contributed by atoms with Gasteiger partial charge in [0.2, 0.25) is 5.91 Å². The zero-order chi connectivity index (χ0) is 20.7. The Morgan fingerprint density at radius 3 is 2.54 bits per heavy atom. The van der Waals surface area contributed by atoms with Crippen molar-refractivity contribution in [2.75, 3.05) is 31.0 Å². The van der Waals surface area contributed by atoms with Gasteiger partial charge in [-0.15, -0.1) is 11.3 Å². The van der Waals surface area contributed by atoms with Crippen LogP contribution in [0.4, 0.5) is 5.13 Å². The van der Waals surface area contributed by atoms with E-state index in [0.29, 0.717) is 28.7 Å². The van der Waals surface area contributed by atoms with Gasteiger partial charge in [-0.05, 0) is 31.5 Å². The van der Waals surface area contributed by atoms with Crippen molar-refractivity contribution >= 4 is 32.2 Å². The van der Waals surface area contributed by atoms with Crippen molar-refractivity contribution in [1.82, 2.24) is 4.98 Å². The molecule has 1 aromatic carbocycles. The molecule has 28 heavy (non-hydrogen) atoms. The number of amides is 1. The van der Waals surface area contributed by atoms with Crippen LogP contribution in [-0.4, -0.2) is 45.0 Å². The Balaban J connectivity index is 2.11. The molecule has 0 saturated carbocycles. The summed E-state index contributed by atoms with van der Waals surface area (Å²) in [6, 6.07) is 5.45. The summed E-state index contributed by atoms with van der Waals surface area (Å²) in [5.41, 5.74) is 1.52. The number of aryl methyl sites for hydroxylation is 1. The van der Waals surface area contributed by atoms with E-state index in [2.05, 4.69) is 10.3 Å². The first kappa shape index (κ1) is 22.2. The van der Waals surface area contributed by atoms with E-state index >= 15 is 0 Å². The maximum absolute atomic E-state index is 12.1. The molecule has 0 aliphatic heterocycles. The van der Waals surface area contributed by atoms with Crippen molar-refractivity contribution in [3.63, 3.8) is 0 Å². The van der Waals surface area contributed by atoms with E-state index in [4.69, 9.17) is 9.47 Å². The maximum Gasteiger partial charge on any atom is 0.241 e. The van der Waals surface area contributed by atoms with Gasteiger partial charge in [0, 0.05) is 10.4 Å². The minimum absolute atomic E-state index is 0.0298. The van der Waals surface area contributed by atoms with E-state index < -0.39 is 21.5 Å². The summed E-state index contributed by atoms with van der Waals surface area (Å²) in [5, 5.41) is 2.98. The van der Waals surface area contributed by atoms with Crippen LogP contribution in [0.25, 0.3) is 11.3 Å². The van der Waals surface area contributed by atoms with E-state index in [9.17, 15) is 13.2 Å². The molecule has 1 aromatic heterocycles. The van der Waals surface area contributed by atoms with Crippen molar-refractivity contribution in [3.8, 4) is 22.8 Å². The molecular formula is C19H26N2O5S2. The van der Waals surface area contributed by atoms with E-state index in [-0.39, 0.29) is 5.75 Å². The molecule has 0 aliphatic rings. The SMILES string of the molecule is CCCCCS(=O)(=O)CC(=O)Nc1nc(-c2ccc(OC)c(OC)c2)c(C)s1. The molecule has 0 fully saturated rings. The molecule has 1 amide bonds. The van der Waals surface area contributed by atoms with E-state index in [1.165, 1.54) is 11.3 Å². The number of hydrogen-bond acceptors (Lipinski definition) is 7. The van der Waals surface area contributed by atoms with Crippen LogP contribution < -0.4 is 14.8 Å². The molecule has 1 N–H and O–H groups in total. The van der Waals surface area contributed by atoms with Crippen LogP contribution in [0.15, 0.2) is 18.2 Å². The zero-order valence-electron chi connectivity index (χ0n) is 16.6. The number of hydrogen-bond donors (Lipinski definition) is 1. The van der Waals surface area contributed by atoms with Crippen molar-refractivity contribution in [1.29, 1.82) is 0 Å². The van der Waals surface area contributed by atoms with E-state index in [1.807, 2.05) is 26.0 Å². The molecule has 9 heteroatoms. The summed E-state index contributed by atoms with van der Waals surface area (Å²) >= 11 is 1.30. The van der Waals surface area contributed by atoms with E-state index in [1.54, 1.807) is 20.3 Å². The molecule has 0 bridgehead atoms. The number of methoxy groups -OCH3 is 2. The summed E-state index contributed by atoms with van der Waals surface area (Å²) < 4.78 is 34.6. The Labute approximate surface area is 170 Å². The lowest BCUT2D eigenvalue weighted by Gasteiger charge is -2.08. The lowest BCUT2D eigenvalue weighted by molar-refractivity contribution is -0.113. The monoisotopic (exact) mass is 426 g/mol. The Morgan fingerprint density at radius 1 is 1.18 bits per heavy atom. The van der Waals surface area contributed by atoms with Crippen molar-refractivity contribution in [2.24, 2.45) is 0 Å². The number of unbranched alkanes of at least 4 members (excludes halogenated alkanes) is 2. The third-order valence-electron chi connectivity index (χ3n) is 4.11. The van der Waals surface area contributed by atoms with Gasteiger partial charge < -0.3 is 14.8 Å². The van der Waals surface area contributed by atoms with E-state index in [0.717, 1.165) is 23.3 Å². The molecule has 0 spiro atoms. The molecule has 2 rings (SSSR count). The molecule has 0 atom stereocenters. The van der Waals surface area contributed by atoms with Crippen LogP contribution in [0.1, 0.15) is 31.1 Å². The van der Waals surface area contributed by atoms with Gasteiger partial charge in [0.15, 0.2) is 26.5 Å². The molecule has 154 valence electrons. The summed E-state index contributed by atoms with van der Waals surface area (Å²) in [5.74, 6) is 0.129. The summed E-state index contributed by atoms with van der Waals surface area (Å²) in [6.07, 6.45) is 2.34. The average molecular weight is 427 g/mol. The fourth-order valence-corrected chi connectivity index (χ4v) is 4.81. The van der Waals surface area contributed by atoms with Gasteiger partial charge in [-0.3, -0.25) is 4.79 Å². The largest absolute Gasteiger partial charge is 0.493 e. The van der Waals surface area contributed by atoms with Gasteiger partial charge in [0.25, 0.3) is 0 Å². The third-order valence-corrected chi connectivity index (χ3v) is 6.61. The fraction of sp³-hybridized carbons (Fsp3) is 0.474. The predicted molar refractivity (Wildman–Crippen MR) is 112 cm³/mol. The van der Waals surface area contributed by atoms with Gasteiger partial charge in [-0.25, -0.2) is 13.4 Å².